The van der Waals surface area contributed by atoms with Gasteiger partial charge >= 0.3 is 0 Å². The predicted molar refractivity (Wildman–Crippen MR) is 77.0 cm³/mol. The van der Waals surface area contributed by atoms with Crippen molar-refractivity contribution in [3.8, 4) is 0 Å². The van der Waals surface area contributed by atoms with Gasteiger partial charge in [0.15, 0.2) is 0 Å². The highest BCUT2D eigenvalue weighted by molar-refractivity contribution is 9.10. The highest BCUT2D eigenvalue weighted by Crippen LogP contribution is 2.35. The molecule has 1 aliphatic rings. The van der Waals surface area contributed by atoms with E-state index < -0.39 is 0 Å². The molecule has 0 aliphatic heterocycles. The fraction of sp³-hybridized carbons (Fsp3) is 0.600. The lowest BCUT2D eigenvalue weighted by molar-refractivity contribution is 0.167. The average Bonchev–Trinajstić information content (AvgIpc) is 2.29. The Hall–Kier alpha value is -0.340. The van der Waals surface area contributed by atoms with Crippen molar-refractivity contribution in [3.63, 3.8) is 0 Å². The molecule has 2 heteroatoms. The molecule has 1 unspecified atom stereocenters. The Kier molecular flexibility index (Phi) is 4.26. The summed E-state index contributed by atoms with van der Waals surface area (Å²) in [6.45, 7) is 5.78. The van der Waals surface area contributed by atoms with Gasteiger partial charge in [0, 0.05) is 17.1 Å². The first kappa shape index (κ1) is 13.1. The molecule has 1 fully saturated rings. The smallest absolute Gasteiger partial charge is 0.0208 e. The van der Waals surface area contributed by atoms with Crippen molar-refractivity contribution in [2.75, 3.05) is 0 Å². The molecule has 2 rings (SSSR count). The Morgan fingerprint density at radius 2 is 1.94 bits per heavy atom. The van der Waals surface area contributed by atoms with Crippen molar-refractivity contribution in [2.24, 2.45) is 5.41 Å². The Bertz CT molecular complexity index is 356. The van der Waals surface area contributed by atoms with Crippen LogP contribution in [0.15, 0.2) is 28.7 Å². The van der Waals surface area contributed by atoms with E-state index in [1.54, 1.807) is 0 Å². The molecule has 1 nitrogen and oxygen atoms in total. The van der Waals surface area contributed by atoms with Crippen LogP contribution in [0.5, 0.6) is 0 Å². The summed E-state index contributed by atoms with van der Waals surface area (Å²) in [5, 5.41) is 3.73. The molecule has 0 radical (unpaired) electrons. The summed E-state index contributed by atoms with van der Waals surface area (Å²) in [5.74, 6) is 0. The summed E-state index contributed by atoms with van der Waals surface area (Å²) in [7, 11) is 0. The highest BCUT2D eigenvalue weighted by Gasteiger charge is 2.31. The lowest BCUT2D eigenvalue weighted by Crippen LogP contribution is -2.43. The fourth-order valence-electron chi connectivity index (χ4n) is 2.72. The lowest BCUT2D eigenvalue weighted by atomic mass is 9.73. The van der Waals surface area contributed by atoms with Crippen LogP contribution in [0.1, 0.15) is 45.1 Å². The van der Waals surface area contributed by atoms with E-state index in [1.807, 2.05) is 0 Å². The van der Waals surface area contributed by atoms with Crippen LogP contribution in [0.2, 0.25) is 0 Å². The normalized spacial score (nSPS) is 23.6. The minimum Gasteiger partial charge on any atom is -0.309 e. The van der Waals surface area contributed by atoms with E-state index in [0.29, 0.717) is 11.5 Å². The van der Waals surface area contributed by atoms with Crippen LogP contribution in [0.4, 0.5) is 0 Å². The molecular weight excluding hydrogens is 274 g/mol. The summed E-state index contributed by atoms with van der Waals surface area (Å²) >= 11 is 3.47. The second-order valence-corrected chi connectivity index (χ2v) is 6.71. The molecule has 1 saturated carbocycles. The van der Waals surface area contributed by atoms with Gasteiger partial charge in [-0.05, 0) is 36.0 Å². The largest absolute Gasteiger partial charge is 0.309 e. The van der Waals surface area contributed by atoms with Gasteiger partial charge in [0.1, 0.15) is 0 Å². The van der Waals surface area contributed by atoms with Crippen molar-refractivity contribution in [3.05, 3.63) is 34.3 Å². The number of hydrogen-bond donors (Lipinski definition) is 1. The number of hydrogen-bond acceptors (Lipinski definition) is 1. The molecule has 0 aromatic heterocycles. The molecule has 17 heavy (non-hydrogen) atoms. The van der Waals surface area contributed by atoms with E-state index in [-0.39, 0.29) is 0 Å². The van der Waals surface area contributed by atoms with Gasteiger partial charge in [0.05, 0.1) is 0 Å². The van der Waals surface area contributed by atoms with Crippen LogP contribution in [0, 0.1) is 5.41 Å². The van der Waals surface area contributed by atoms with Crippen molar-refractivity contribution in [1.82, 2.24) is 5.32 Å². The maximum atomic E-state index is 3.73. The standard InChI is InChI=1S/C15H22BrN/c1-15(2)10-4-3-5-14(15)17-11-12-6-8-13(16)9-7-12/h6-9,14,17H,3-5,10-11H2,1-2H3. The zero-order chi connectivity index (χ0) is 12.3. The Morgan fingerprint density at radius 3 is 2.59 bits per heavy atom. The fourth-order valence-corrected chi connectivity index (χ4v) is 2.98. The molecule has 0 amide bonds. The average molecular weight is 296 g/mol. The van der Waals surface area contributed by atoms with E-state index in [2.05, 4.69) is 59.4 Å². The molecule has 1 aliphatic carbocycles. The zero-order valence-electron chi connectivity index (χ0n) is 10.8. The van der Waals surface area contributed by atoms with E-state index in [4.69, 9.17) is 0 Å². The SMILES string of the molecule is CC1(C)CCCCC1NCc1ccc(Br)cc1. The monoisotopic (exact) mass is 295 g/mol. The predicted octanol–water partition coefficient (Wildman–Crippen LogP) is 4.51. The number of halogens is 1. The van der Waals surface area contributed by atoms with Crippen molar-refractivity contribution in [1.29, 1.82) is 0 Å². The molecule has 0 saturated heterocycles. The first-order valence-corrected chi connectivity index (χ1v) is 7.35. The van der Waals surface area contributed by atoms with Gasteiger partial charge in [-0.1, -0.05) is 54.8 Å². The third kappa shape index (κ3) is 3.56. The molecule has 1 N–H and O–H groups in total. The molecule has 1 aromatic carbocycles. The topological polar surface area (TPSA) is 12.0 Å². The van der Waals surface area contributed by atoms with Crippen LogP contribution >= 0.6 is 15.9 Å². The van der Waals surface area contributed by atoms with E-state index in [9.17, 15) is 0 Å². The summed E-state index contributed by atoms with van der Waals surface area (Å²) < 4.78 is 1.15. The molecule has 0 spiro atoms. The van der Waals surface area contributed by atoms with Gasteiger partial charge in [-0.15, -0.1) is 0 Å². The van der Waals surface area contributed by atoms with Crippen molar-refractivity contribution < 1.29 is 0 Å². The van der Waals surface area contributed by atoms with Crippen LogP contribution in [-0.4, -0.2) is 6.04 Å². The summed E-state index contributed by atoms with van der Waals surface area (Å²) in [4.78, 5) is 0. The highest BCUT2D eigenvalue weighted by atomic mass is 79.9. The van der Waals surface area contributed by atoms with Gasteiger partial charge in [-0.3, -0.25) is 0 Å². The number of rotatable bonds is 3. The first-order chi connectivity index (χ1) is 8.08. The Balaban J connectivity index is 1.91. The minimum absolute atomic E-state index is 0.452. The third-order valence-electron chi connectivity index (χ3n) is 3.97. The lowest BCUT2D eigenvalue weighted by Gasteiger charge is -2.39. The number of nitrogens with one attached hydrogen (secondary N) is 1. The summed E-state index contributed by atoms with van der Waals surface area (Å²) in [6.07, 6.45) is 5.44. The summed E-state index contributed by atoms with van der Waals surface area (Å²) in [6, 6.07) is 9.27. The Morgan fingerprint density at radius 1 is 1.24 bits per heavy atom. The van der Waals surface area contributed by atoms with E-state index in [0.717, 1.165) is 11.0 Å². The van der Waals surface area contributed by atoms with Crippen molar-refractivity contribution >= 4 is 15.9 Å². The van der Waals surface area contributed by atoms with Gasteiger partial charge in [0.2, 0.25) is 0 Å². The minimum atomic E-state index is 0.452. The number of benzene rings is 1. The molecule has 1 aromatic rings. The second-order valence-electron chi connectivity index (χ2n) is 5.79. The van der Waals surface area contributed by atoms with Crippen molar-refractivity contribution in [2.45, 2.75) is 52.1 Å². The van der Waals surface area contributed by atoms with E-state index >= 15 is 0 Å². The molecule has 94 valence electrons. The van der Waals surface area contributed by atoms with Crippen LogP contribution in [0.3, 0.4) is 0 Å². The van der Waals surface area contributed by atoms with Crippen LogP contribution in [0.25, 0.3) is 0 Å². The van der Waals surface area contributed by atoms with E-state index in [1.165, 1.54) is 31.2 Å². The zero-order valence-corrected chi connectivity index (χ0v) is 12.4. The van der Waals surface area contributed by atoms with Crippen LogP contribution in [-0.2, 0) is 6.54 Å². The molecule has 0 bridgehead atoms. The van der Waals surface area contributed by atoms with Gasteiger partial charge in [-0.25, -0.2) is 0 Å². The second kappa shape index (κ2) is 5.53. The van der Waals surface area contributed by atoms with Crippen LogP contribution < -0.4 is 5.32 Å². The van der Waals surface area contributed by atoms with Gasteiger partial charge in [0.25, 0.3) is 0 Å². The molecule has 1 atom stereocenters. The maximum absolute atomic E-state index is 3.73. The summed E-state index contributed by atoms with van der Waals surface area (Å²) in [5.41, 5.74) is 1.82. The quantitative estimate of drug-likeness (QED) is 0.865. The maximum Gasteiger partial charge on any atom is 0.0208 e. The molecule has 0 heterocycles. The molecular formula is C15H22BrN. The van der Waals surface area contributed by atoms with Gasteiger partial charge < -0.3 is 5.32 Å². The van der Waals surface area contributed by atoms with Gasteiger partial charge in [-0.2, -0.15) is 0 Å². The third-order valence-corrected chi connectivity index (χ3v) is 4.50. The first-order valence-electron chi connectivity index (χ1n) is 6.56. The Labute approximate surface area is 113 Å².